The Morgan fingerprint density at radius 2 is 2.12 bits per heavy atom. The monoisotopic (exact) mass is 226 g/mol. The minimum atomic E-state index is -0.324. The molecule has 90 valence electrons. The van der Waals surface area contributed by atoms with Gasteiger partial charge < -0.3 is 15.3 Å². The number of hydrogen-bond acceptors (Lipinski definition) is 3. The molecule has 0 aliphatic rings. The molecule has 1 atom stereocenters. The van der Waals surface area contributed by atoms with Crippen LogP contribution in [0.1, 0.15) is 12.5 Å². The van der Waals surface area contributed by atoms with E-state index in [9.17, 15) is 9.50 Å². The molecule has 0 spiro atoms. The third-order valence-electron chi connectivity index (χ3n) is 2.68. The number of benzene rings is 1. The van der Waals surface area contributed by atoms with Crippen LogP contribution < -0.4 is 5.32 Å². The van der Waals surface area contributed by atoms with Gasteiger partial charge in [-0.25, -0.2) is 4.39 Å². The van der Waals surface area contributed by atoms with Gasteiger partial charge in [0.25, 0.3) is 0 Å². The highest BCUT2D eigenvalue weighted by Gasteiger charge is 2.05. The summed E-state index contributed by atoms with van der Waals surface area (Å²) in [4.78, 5) is 2.10. The molecule has 1 unspecified atom stereocenters. The Balaban J connectivity index is 2.45. The molecule has 0 aliphatic heterocycles. The molecule has 0 amide bonds. The highest BCUT2D eigenvalue weighted by Crippen LogP contribution is 2.17. The fourth-order valence-corrected chi connectivity index (χ4v) is 1.29. The lowest BCUT2D eigenvalue weighted by Crippen LogP contribution is -2.35. The summed E-state index contributed by atoms with van der Waals surface area (Å²) in [5.74, 6) is -0.193. The minimum absolute atomic E-state index is 0.131. The second kappa shape index (κ2) is 5.82. The Labute approximate surface area is 95.9 Å². The molecule has 0 fully saturated rings. The topological polar surface area (TPSA) is 35.5 Å². The third-order valence-corrected chi connectivity index (χ3v) is 2.68. The Morgan fingerprint density at radius 3 is 2.75 bits per heavy atom. The summed E-state index contributed by atoms with van der Waals surface area (Å²) in [5.41, 5.74) is 0.589. The van der Waals surface area contributed by atoms with Crippen LogP contribution in [0, 0.1) is 5.82 Å². The van der Waals surface area contributed by atoms with Crippen LogP contribution in [-0.4, -0.2) is 36.7 Å². The summed E-state index contributed by atoms with van der Waals surface area (Å²) >= 11 is 0. The van der Waals surface area contributed by atoms with E-state index in [4.69, 9.17) is 0 Å². The number of phenols is 1. The Kier molecular flexibility index (Phi) is 4.71. The average Bonchev–Trinajstić information content (AvgIpc) is 2.22. The third kappa shape index (κ3) is 3.79. The van der Waals surface area contributed by atoms with Crippen LogP contribution >= 0.6 is 0 Å². The zero-order valence-electron chi connectivity index (χ0n) is 10.00. The molecular weight excluding hydrogens is 207 g/mol. The lowest BCUT2D eigenvalue weighted by molar-refractivity contribution is 0.302. The number of rotatable bonds is 5. The first-order valence-corrected chi connectivity index (χ1v) is 5.35. The molecule has 1 aromatic rings. The van der Waals surface area contributed by atoms with Crippen molar-refractivity contribution in [2.45, 2.75) is 19.5 Å². The first-order valence-electron chi connectivity index (χ1n) is 5.35. The van der Waals surface area contributed by atoms with Crippen LogP contribution in [0.5, 0.6) is 5.75 Å². The van der Waals surface area contributed by atoms with Gasteiger partial charge in [-0.15, -0.1) is 0 Å². The fourth-order valence-electron chi connectivity index (χ4n) is 1.29. The fraction of sp³-hybridized carbons (Fsp3) is 0.500. The summed E-state index contributed by atoms with van der Waals surface area (Å²) in [5, 5.41) is 12.7. The summed E-state index contributed by atoms with van der Waals surface area (Å²) < 4.78 is 12.9. The number of nitrogens with zero attached hydrogens (tertiary/aromatic N) is 1. The van der Waals surface area contributed by atoms with Crippen LogP contribution in [0.4, 0.5) is 4.39 Å². The molecule has 0 saturated carbocycles. The molecule has 2 N–H and O–H groups in total. The summed E-state index contributed by atoms with van der Waals surface area (Å²) in [7, 11) is 4.01. The number of phenolic OH excluding ortho intramolecular Hbond substituents is 1. The number of nitrogens with one attached hydrogen (secondary N) is 1. The maximum atomic E-state index is 12.9. The van der Waals surface area contributed by atoms with E-state index in [1.165, 1.54) is 18.2 Å². The molecule has 0 radical (unpaired) electrons. The van der Waals surface area contributed by atoms with Crippen molar-refractivity contribution < 1.29 is 9.50 Å². The van der Waals surface area contributed by atoms with Crippen LogP contribution in [0.3, 0.4) is 0 Å². The van der Waals surface area contributed by atoms with Gasteiger partial charge in [0.1, 0.15) is 11.6 Å². The molecule has 1 aromatic carbocycles. The van der Waals surface area contributed by atoms with Gasteiger partial charge in [-0.1, -0.05) is 0 Å². The van der Waals surface area contributed by atoms with Gasteiger partial charge in [-0.3, -0.25) is 0 Å². The van der Waals surface area contributed by atoms with Crippen molar-refractivity contribution in [1.29, 1.82) is 0 Å². The second-order valence-electron chi connectivity index (χ2n) is 4.22. The summed E-state index contributed by atoms with van der Waals surface area (Å²) in [6.45, 7) is 3.36. The van der Waals surface area contributed by atoms with E-state index in [0.29, 0.717) is 18.2 Å². The molecule has 0 aromatic heterocycles. The number of halogens is 1. The minimum Gasteiger partial charge on any atom is -0.508 e. The molecule has 4 heteroatoms. The van der Waals surface area contributed by atoms with Gasteiger partial charge >= 0.3 is 0 Å². The van der Waals surface area contributed by atoms with Crippen molar-refractivity contribution in [3.63, 3.8) is 0 Å². The van der Waals surface area contributed by atoms with Crippen molar-refractivity contribution >= 4 is 0 Å². The molecule has 0 heterocycles. The lowest BCUT2D eigenvalue weighted by atomic mass is 10.2. The molecule has 0 bridgehead atoms. The molecular formula is C12H19FN2O. The van der Waals surface area contributed by atoms with Crippen molar-refractivity contribution in [3.05, 3.63) is 29.6 Å². The van der Waals surface area contributed by atoms with Crippen molar-refractivity contribution in [2.75, 3.05) is 20.6 Å². The Hall–Kier alpha value is -1.13. The Bertz CT molecular complexity index is 342. The maximum absolute atomic E-state index is 12.9. The van der Waals surface area contributed by atoms with E-state index < -0.39 is 0 Å². The normalized spacial score (nSPS) is 13.1. The first kappa shape index (κ1) is 12.9. The zero-order valence-corrected chi connectivity index (χ0v) is 10.00. The van der Waals surface area contributed by atoms with Gasteiger partial charge in [0.2, 0.25) is 0 Å². The number of aromatic hydroxyl groups is 1. The second-order valence-corrected chi connectivity index (χ2v) is 4.22. The van der Waals surface area contributed by atoms with Crippen LogP contribution in [-0.2, 0) is 6.54 Å². The van der Waals surface area contributed by atoms with E-state index in [1.807, 2.05) is 14.1 Å². The zero-order chi connectivity index (χ0) is 12.1. The van der Waals surface area contributed by atoms with E-state index in [0.717, 1.165) is 6.54 Å². The smallest absolute Gasteiger partial charge is 0.123 e. The van der Waals surface area contributed by atoms with Gasteiger partial charge in [0.05, 0.1) is 0 Å². The lowest BCUT2D eigenvalue weighted by Gasteiger charge is -2.20. The van der Waals surface area contributed by atoms with Gasteiger partial charge in [-0.05, 0) is 39.2 Å². The molecule has 1 rings (SSSR count). The highest BCUT2D eigenvalue weighted by molar-refractivity contribution is 5.32. The first-order chi connectivity index (χ1) is 7.50. The van der Waals surface area contributed by atoms with Gasteiger partial charge in [-0.2, -0.15) is 0 Å². The number of hydrogen-bond donors (Lipinski definition) is 2. The van der Waals surface area contributed by atoms with Gasteiger partial charge in [0.15, 0.2) is 0 Å². The molecule has 0 saturated heterocycles. The molecule has 16 heavy (non-hydrogen) atoms. The quantitative estimate of drug-likeness (QED) is 0.800. The summed E-state index contributed by atoms with van der Waals surface area (Å²) in [6, 6.07) is 4.38. The SMILES string of the molecule is CC(CNCc1cc(F)ccc1O)N(C)C. The van der Waals surface area contributed by atoms with Crippen LogP contribution in [0.2, 0.25) is 0 Å². The predicted octanol–water partition coefficient (Wildman–Crippen LogP) is 1.57. The standard InChI is InChI=1S/C12H19FN2O/c1-9(15(2)3)7-14-8-10-6-11(13)4-5-12(10)16/h4-6,9,14,16H,7-8H2,1-3H3. The van der Waals surface area contributed by atoms with E-state index >= 15 is 0 Å². The van der Waals surface area contributed by atoms with E-state index in [-0.39, 0.29) is 11.6 Å². The molecule has 3 nitrogen and oxygen atoms in total. The predicted molar refractivity (Wildman–Crippen MR) is 62.9 cm³/mol. The average molecular weight is 226 g/mol. The van der Waals surface area contributed by atoms with E-state index in [1.54, 1.807) is 0 Å². The Morgan fingerprint density at radius 1 is 1.44 bits per heavy atom. The summed E-state index contributed by atoms with van der Waals surface area (Å²) in [6.07, 6.45) is 0. The number of likely N-dealkylation sites (N-methyl/N-ethyl adjacent to an activating group) is 1. The van der Waals surface area contributed by atoms with Crippen LogP contribution in [0.15, 0.2) is 18.2 Å². The van der Waals surface area contributed by atoms with Crippen molar-refractivity contribution in [1.82, 2.24) is 10.2 Å². The molecule has 0 aliphatic carbocycles. The highest BCUT2D eigenvalue weighted by atomic mass is 19.1. The van der Waals surface area contributed by atoms with E-state index in [2.05, 4.69) is 17.1 Å². The van der Waals surface area contributed by atoms with Crippen molar-refractivity contribution in [3.8, 4) is 5.75 Å². The van der Waals surface area contributed by atoms with Gasteiger partial charge in [0, 0.05) is 24.7 Å². The largest absolute Gasteiger partial charge is 0.508 e. The maximum Gasteiger partial charge on any atom is 0.123 e. The van der Waals surface area contributed by atoms with Crippen molar-refractivity contribution in [2.24, 2.45) is 0 Å². The van der Waals surface area contributed by atoms with Crippen LogP contribution in [0.25, 0.3) is 0 Å².